The van der Waals surface area contributed by atoms with Gasteiger partial charge in [0, 0.05) is 45.7 Å². The van der Waals surface area contributed by atoms with Crippen molar-refractivity contribution in [3.8, 4) is 11.5 Å². The number of rotatable bonds is 14. The highest BCUT2D eigenvalue weighted by Gasteiger charge is 2.35. The number of aromatic nitrogens is 2. The second kappa shape index (κ2) is 24.7. The molecule has 0 bridgehead atoms. The quantitative estimate of drug-likeness (QED) is 0.0471. The highest BCUT2D eigenvalue weighted by atomic mass is 16.7. The topological polar surface area (TPSA) is 81.6 Å². The molecule has 2 aliphatic rings. The van der Waals surface area contributed by atoms with Gasteiger partial charge in [-0.3, -0.25) is 0 Å². The van der Waals surface area contributed by atoms with Gasteiger partial charge in [-0.15, -0.1) is 0 Å². The molecule has 64 heavy (non-hydrogen) atoms. The van der Waals surface area contributed by atoms with Gasteiger partial charge in [0.15, 0.2) is 0 Å². The summed E-state index contributed by atoms with van der Waals surface area (Å²) >= 11 is 0. The molecular weight excluding hydrogens is 791 g/mol. The Morgan fingerprint density at radius 2 is 0.781 bits per heavy atom. The van der Waals surface area contributed by atoms with E-state index < -0.39 is 7.32 Å². The molecule has 0 aliphatic heterocycles. The summed E-state index contributed by atoms with van der Waals surface area (Å²) in [5, 5.41) is 21.4. The van der Waals surface area contributed by atoms with E-state index in [0.29, 0.717) is 6.42 Å². The minimum absolute atomic E-state index is 0.159. The van der Waals surface area contributed by atoms with Crippen molar-refractivity contribution in [2.45, 2.75) is 94.3 Å². The Labute approximate surface area is 380 Å². The van der Waals surface area contributed by atoms with Crippen LogP contribution in [0.3, 0.4) is 0 Å². The Kier molecular flexibility index (Phi) is 17.7. The first-order chi connectivity index (χ1) is 31.6. The monoisotopic (exact) mass is 852 g/mol. The van der Waals surface area contributed by atoms with Crippen LogP contribution in [-0.2, 0) is 10.1 Å². The van der Waals surface area contributed by atoms with Crippen LogP contribution in [0.1, 0.15) is 117 Å². The fraction of sp³-hybridized carbons (Fsp3) is 0.286. The van der Waals surface area contributed by atoms with Crippen LogP contribution in [0.25, 0.3) is 0 Å². The lowest BCUT2D eigenvalue weighted by atomic mass is 9.67. The van der Waals surface area contributed by atoms with Gasteiger partial charge in [0.2, 0.25) is 36.3 Å². The van der Waals surface area contributed by atoms with Crippen LogP contribution in [0.4, 0.5) is 0 Å². The average molecular weight is 853 g/mol. The van der Waals surface area contributed by atoms with Gasteiger partial charge in [-0.1, -0.05) is 166 Å². The molecule has 0 atom stereocenters. The highest BCUT2D eigenvalue weighted by Crippen LogP contribution is 2.43. The van der Waals surface area contributed by atoms with Crippen molar-refractivity contribution < 1.29 is 33.8 Å². The maximum absolute atomic E-state index is 10.7. The molecule has 2 aromatic heterocycles. The summed E-state index contributed by atoms with van der Waals surface area (Å²) in [4.78, 5) is 11.5. The maximum atomic E-state index is 10.7. The molecule has 0 spiro atoms. The zero-order chi connectivity index (χ0) is 44.1. The van der Waals surface area contributed by atoms with Gasteiger partial charge in [-0.05, 0) is 102 Å². The van der Waals surface area contributed by atoms with Gasteiger partial charge in [-0.2, -0.15) is 0 Å². The zero-order valence-corrected chi connectivity index (χ0v) is 36.9. The average Bonchev–Trinajstić information content (AvgIpc) is 3.37. The minimum atomic E-state index is -2.23. The summed E-state index contributed by atoms with van der Waals surface area (Å²) in [6.45, 7) is 0.159. The van der Waals surface area contributed by atoms with E-state index >= 15 is 0 Å². The molecule has 7 aromatic rings. The summed E-state index contributed by atoms with van der Waals surface area (Å²) in [6, 6.07) is 60.0. The number of hydrogen-bond acceptors (Lipinski definition) is 5. The molecule has 0 saturated heterocycles. The SMILES string of the molecule is [O-]B([O-])OCCCC(c1ccccc1)(c1ccccc1)c1ccccc1.c1cc[n+](Oc2ccc(C3CCCCC3)cc2)cc1.c1cc[n+](Oc2ccc(C3CCCCC3)cc2)cc1. The molecule has 2 aliphatic carbocycles. The molecule has 8 heteroatoms. The van der Waals surface area contributed by atoms with Crippen LogP contribution < -0.4 is 29.2 Å². The van der Waals surface area contributed by atoms with Crippen molar-refractivity contribution in [1.29, 1.82) is 0 Å². The van der Waals surface area contributed by atoms with E-state index in [1.165, 1.54) is 92.0 Å². The fourth-order valence-electron chi connectivity index (χ4n) is 9.22. The largest absolute Gasteiger partial charge is 0.871 e. The first-order valence-electron chi connectivity index (χ1n) is 23.2. The Bertz CT molecular complexity index is 2110. The molecule has 2 heterocycles. The Balaban J connectivity index is 0.000000146. The first-order valence-corrected chi connectivity index (χ1v) is 23.2. The van der Waals surface area contributed by atoms with E-state index in [4.69, 9.17) is 14.3 Å². The summed E-state index contributed by atoms with van der Waals surface area (Å²) in [7, 11) is -2.23. The summed E-state index contributed by atoms with van der Waals surface area (Å²) < 4.78 is 8.17. The van der Waals surface area contributed by atoms with E-state index in [9.17, 15) is 10.0 Å². The molecule has 0 amide bonds. The first kappa shape index (κ1) is 46.0. The van der Waals surface area contributed by atoms with Crippen LogP contribution >= 0.6 is 0 Å². The van der Waals surface area contributed by atoms with E-state index in [1.54, 1.807) is 9.46 Å². The predicted molar refractivity (Wildman–Crippen MR) is 250 cm³/mol. The van der Waals surface area contributed by atoms with Crippen molar-refractivity contribution in [2.24, 2.45) is 0 Å². The lowest BCUT2D eigenvalue weighted by Crippen LogP contribution is -2.48. The molecule has 9 rings (SSSR count). The third kappa shape index (κ3) is 13.5. The normalized spacial score (nSPS) is 14.2. The molecule has 0 N–H and O–H groups in total. The van der Waals surface area contributed by atoms with Crippen LogP contribution in [0.2, 0.25) is 0 Å². The number of benzene rings is 5. The summed E-state index contributed by atoms with van der Waals surface area (Å²) in [5.41, 5.74) is 6.10. The lowest BCUT2D eigenvalue weighted by Gasteiger charge is -2.37. The summed E-state index contributed by atoms with van der Waals surface area (Å²) in [5.74, 6) is 3.28. The molecule has 328 valence electrons. The maximum Gasteiger partial charge on any atom is 0.223 e. The molecule has 5 aromatic carbocycles. The molecule has 7 nitrogen and oxygen atoms in total. The van der Waals surface area contributed by atoms with Gasteiger partial charge < -0.3 is 14.7 Å². The molecular formula is C56H61BN2O5. The van der Waals surface area contributed by atoms with E-state index in [-0.39, 0.29) is 12.0 Å². The lowest BCUT2D eigenvalue weighted by molar-refractivity contribution is -0.875. The fourth-order valence-corrected chi connectivity index (χ4v) is 9.22. The van der Waals surface area contributed by atoms with Gasteiger partial charge in [0.1, 0.15) is 0 Å². The van der Waals surface area contributed by atoms with Gasteiger partial charge in [0.05, 0.1) is 7.32 Å². The Morgan fingerprint density at radius 1 is 0.438 bits per heavy atom. The molecule has 2 fully saturated rings. The predicted octanol–water partition coefficient (Wildman–Crippen LogP) is 10.3. The minimum Gasteiger partial charge on any atom is -0.871 e. The number of hydrogen-bond donors (Lipinski definition) is 0. The zero-order valence-electron chi connectivity index (χ0n) is 36.9. The standard InChI is InChI=1S/C22H21BO3.2C17H20NO/c24-23(25)26-18-10-17-22(19-11-4-1-5-12-19,20-13-6-2-7-14-20)21-15-8-3-9-16-21;2*1-3-7-15(8-4-1)16-9-11-17(12-10-16)19-18-13-5-2-6-14-18/h1-9,11-16H,10,17-18H2;2*2,5-6,9-15H,1,3-4,7-8H2/q-2;2*+1. The van der Waals surface area contributed by atoms with Gasteiger partial charge in [0.25, 0.3) is 0 Å². The molecule has 2 saturated carbocycles. The van der Waals surface area contributed by atoms with E-state index in [2.05, 4.69) is 84.9 Å². The van der Waals surface area contributed by atoms with Crippen molar-refractivity contribution in [2.75, 3.05) is 6.61 Å². The second-order valence-electron chi connectivity index (χ2n) is 16.7. The molecule has 0 unspecified atom stereocenters. The van der Waals surface area contributed by atoms with Crippen molar-refractivity contribution in [1.82, 2.24) is 0 Å². The smallest absolute Gasteiger partial charge is 0.223 e. The van der Waals surface area contributed by atoms with Gasteiger partial charge in [-0.25, -0.2) is 9.68 Å². The Morgan fingerprint density at radius 3 is 1.12 bits per heavy atom. The van der Waals surface area contributed by atoms with Crippen LogP contribution in [0.15, 0.2) is 201 Å². The third-order valence-electron chi connectivity index (χ3n) is 12.5. The van der Waals surface area contributed by atoms with Crippen molar-refractivity contribution in [3.05, 3.63) is 229 Å². The number of nitrogens with zero attached hydrogens (tertiary/aromatic N) is 2. The van der Waals surface area contributed by atoms with Crippen molar-refractivity contribution >= 4 is 7.32 Å². The van der Waals surface area contributed by atoms with E-state index in [1.807, 2.05) is 116 Å². The third-order valence-corrected chi connectivity index (χ3v) is 12.5. The second-order valence-corrected chi connectivity index (χ2v) is 16.7. The Hall–Kier alpha value is -6.06. The summed E-state index contributed by atoms with van der Waals surface area (Å²) in [6.07, 6.45) is 22.6. The van der Waals surface area contributed by atoms with E-state index in [0.717, 1.165) is 29.8 Å². The van der Waals surface area contributed by atoms with Crippen molar-refractivity contribution in [3.63, 3.8) is 0 Å². The van der Waals surface area contributed by atoms with Gasteiger partial charge >= 0.3 is 0 Å². The van der Waals surface area contributed by atoms with Crippen LogP contribution in [0.5, 0.6) is 11.5 Å². The number of pyridine rings is 2. The highest BCUT2D eigenvalue weighted by molar-refractivity contribution is 6.28. The van der Waals surface area contributed by atoms with Crippen LogP contribution in [0, 0.1) is 0 Å². The van der Waals surface area contributed by atoms with Crippen LogP contribution in [-0.4, -0.2) is 13.9 Å². The molecule has 0 radical (unpaired) electrons.